The Morgan fingerprint density at radius 3 is 2.34 bits per heavy atom. The third-order valence-corrected chi connectivity index (χ3v) is 8.07. The van der Waals surface area contributed by atoms with Crippen LogP contribution in [0.5, 0.6) is 23.0 Å². The molecule has 0 aromatic heterocycles. The molecule has 0 saturated carbocycles. The van der Waals surface area contributed by atoms with E-state index in [0.29, 0.717) is 24.2 Å². The van der Waals surface area contributed by atoms with Crippen LogP contribution in [-0.2, 0) is 21.5 Å². The van der Waals surface area contributed by atoms with Gasteiger partial charge in [0.1, 0.15) is 45.3 Å². The predicted molar refractivity (Wildman–Crippen MR) is 160 cm³/mol. The molecule has 3 aromatic carbocycles. The Bertz CT molecular complexity index is 1800. The summed E-state index contributed by atoms with van der Waals surface area (Å²) in [5, 5.41) is 25.7. The Balaban J connectivity index is 1.49. The van der Waals surface area contributed by atoms with Crippen molar-refractivity contribution < 1.29 is 43.6 Å². The van der Waals surface area contributed by atoms with Gasteiger partial charge in [-0.05, 0) is 44.7 Å². The lowest BCUT2D eigenvalue weighted by Crippen LogP contribution is -2.38. The number of methoxy groups -OCH3 is 1. The first-order valence-corrected chi connectivity index (χ1v) is 14.1. The van der Waals surface area contributed by atoms with Crippen LogP contribution in [0, 0.1) is 0 Å². The molecular weight excluding hydrogens is 568 g/mol. The summed E-state index contributed by atoms with van der Waals surface area (Å²) < 4.78 is 17.0. The standard InChI is InChI=1S/C33H32N2O9/c1-6-35(7-2)32(41)43-23-13-12-18(19-10-8-9-11-20(19)23)16-34-31(40)27-24(42-5)14-22(38)28-29(27)44-25-15-21(37)26(17(3)36)30(39)33(25,28)4/h8-15,37-38H,6-7,16H2,1-5H3,(H,34,40)/t33-/m1/s1. The first-order chi connectivity index (χ1) is 21.0. The fraction of sp³-hybridized carbons (Fsp3) is 0.273. The first kappa shape index (κ1) is 30.1. The van der Waals surface area contributed by atoms with Crippen molar-refractivity contribution in [2.24, 2.45) is 0 Å². The van der Waals surface area contributed by atoms with Crippen LogP contribution in [0.15, 0.2) is 65.6 Å². The Morgan fingerprint density at radius 2 is 1.70 bits per heavy atom. The number of fused-ring (bicyclic) bond motifs is 4. The van der Waals surface area contributed by atoms with Crippen LogP contribution in [-0.4, -0.2) is 58.9 Å². The molecule has 0 spiro atoms. The quantitative estimate of drug-likeness (QED) is 0.308. The number of hydrogen-bond donors (Lipinski definition) is 3. The number of rotatable bonds is 8. The molecule has 2 amide bonds. The molecule has 0 fully saturated rings. The van der Waals surface area contributed by atoms with E-state index in [4.69, 9.17) is 14.2 Å². The molecule has 228 valence electrons. The summed E-state index contributed by atoms with van der Waals surface area (Å²) in [7, 11) is 1.32. The number of ketones is 2. The SMILES string of the molecule is CCN(CC)C(=O)Oc1ccc(CNC(=O)c2c(OC)cc(O)c3c2OC2=CC(O)=C(C(C)=O)C(=O)[C@]23C)c2ccccc12. The Morgan fingerprint density at radius 1 is 1.02 bits per heavy atom. The van der Waals surface area contributed by atoms with Crippen molar-refractivity contribution in [1.82, 2.24) is 10.2 Å². The molecule has 1 aliphatic heterocycles. The molecule has 2 aliphatic rings. The first-order valence-electron chi connectivity index (χ1n) is 14.1. The van der Waals surface area contributed by atoms with E-state index in [-0.39, 0.29) is 40.7 Å². The van der Waals surface area contributed by atoms with Crippen molar-refractivity contribution in [1.29, 1.82) is 0 Å². The Hall–Kier alpha value is -5.32. The van der Waals surface area contributed by atoms with Gasteiger partial charge in [0, 0.05) is 37.2 Å². The molecule has 11 heteroatoms. The fourth-order valence-corrected chi connectivity index (χ4v) is 5.70. The summed E-state index contributed by atoms with van der Waals surface area (Å²) in [5.41, 5.74) is -1.46. The highest BCUT2D eigenvalue weighted by Crippen LogP contribution is 2.56. The molecule has 0 saturated heterocycles. The Labute approximate surface area is 253 Å². The zero-order valence-corrected chi connectivity index (χ0v) is 24.9. The number of phenols is 1. The van der Waals surface area contributed by atoms with E-state index >= 15 is 0 Å². The molecule has 5 rings (SSSR count). The van der Waals surface area contributed by atoms with Crippen LogP contribution in [0.2, 0.25) is 0 Å². The van der Waals surface area contributed by atoms with Gasteiger partial charge in [0.15, 0.2) is 17.3 Å². The van der Waals surface area contributed by atoms with Gasteiger partial charge in [-0.25, -0.2) is 4.79 Å². The summed E-state index contributed by atoms with van der Waals surface area (Å²) in [6.45, 7) is 7.41. The van der Waals surface area contributed by atoms with E-state index in [9.17, 15) is 29.4 Å². The summed E-state index contributed by atoms with van der Waals surface area (Å²) in [5.74, 6) is -2.77. The minimum atomic E-state index is -1.66. The second-order valence-corrected chi connectivity index (χ2v) is 10.5. The number of phenolic OH excluding ortho intramolecular Hbond substituents is 1. The monoisotopic (exact) mass is 600 g/mol. The zero-order valence-electron chi connectivity index (χ0n) is 24.9. The topological polar surface area (TPSA) is 152 Å². The summed E-state index contributed by atoms with van der Waals surface area (Å²) in [6, 6.07) is 12.0. The second-order valence-electron chi connectivity index (χ2n) is 10.5. The molecule has 3 aromatic rings. The number of ether oxygens (including phenoxy) is 3. The smallest absolute Gasteiger partial charge is 0.415 e. The van der Waals surface area contributed by atoms with Gasteiger partial charge in [0.2, 0.25) is 0 Å². The largest absolute Gasteiger partial charge is 0.507 e. The number of nitrogens with one attached hydrogen (secondary N) is 1. The maximum Gasteiger partial charge on any atom is 0.415 e. The van der Waals surface area contributed by atoms with Crippen LogP contribution in [0.25, 0.3) is 10.8 Å². The van der Waals surface area contributed by atoms with Crippen molar-refractivity contribution >= 4 is 34.3 Å². The molecule has 0 radical (unpaired) electrons. The molecule has 11 nitrogen and oxygen atoms in total. The van der Waals surface area contributed by atoms with Crippen molar-refractivity contribution in [3.05, 3.63) is 82.3 Å². The zero-order chi connectivity index (χ0) is 31.9. The van der Waals surface area contributed by atoms with Crippen molar-refractivity contribution in [3.63, 3.8) is 0 Å². The van der Waals surface area contributed by atoms with Crippen LogP contribution in [0.3, 0.4) is 0 Å². The van der Waals surface area contributed by atoms with Crippen molar-refractivity contribution in [2.45, 2.75) is 39.7 Å². The van der Waals surface area contributed by atoms with Gasteiger partial charge in [0.05, 0.1) is 12.7 Å². The lowest BCUT2D eigenvalue weighted by molar-refractivity contribution is -0.123. The number of benzene rings is 3. The number of aliphatic hydroxyl groups excluding tert-OH is 1. The average molecular weight is 601 g/mol. The van der Waals surface area contributed by atoms with E-state index in [0.717, 1.165) is 23.9 Å². The third-order valence-electron chi connectivity index (χ3n) is 8.07. The number of carbonyl (C=O) groups excluding carboxylic acids is 4. The molecule has 1 atom stereocenters. The highest BCUT2D eigenvalue weighted by molar-refractivity contribution is 6.25. The molecule has 3 N–H and O–H groups in total. The second kappa shape index (κ2) is 11.4. The molecule has 1 aliphatic carbocycles. The van der Waals surface area contributed by atoms with E-state index in [1.54, 1.807) is 17.0 Å². The van der Waals surface area contributed by atoms with Crippen LogP contribution in [0.1, 0.15) is 49.2 Å². The number of Topliss-reactive ketones (excluding diaryl/α,β-unsaturated/α-hetero) is 2. The average Bonchev–Trinajstić information content (AvgIpc) is 3.30. The summed E-state index contributed by atoms with van der Waals surface area (Å²) >= 11 is 0. The van der Waals surface area contributed by atoms with Gasteiger partial charge in [-0.15, -0.1) is 0 Å². The molecule has 0 bridgehead atoms. The third kappa shape index (κ3) is 4.70. The number of hydrogen-bond acceptors (Lipinski definition) is 9. The molecule has 0 unspecified atom stereocenters. The van der Waals surface area contributed by atoms with Gasteiger partial charge in [-0.3, -0.25) is 14.4 Å². The number of allylic oxidation sites excluding steroid dienone is 3. The number of carbonyl (C=O) groups is 4. The Kier molecular flexibility index (Phi) is 7.81. The van der Waals surface area contributed by atoms with Gasteiger partial charge in [-0.1, -0.05) is 30.3 Å². The van der Waals surface area contributed by atoms with E-state index in [1.807, 2.05) is 38.1 Å². The number of aromatic hydroxyl groups is 1. The van der Waals surface area contributed by atoms with E-state index < -0.39 is 40.3 Å². The highest BCUT2D eigenvalue weighted by atomic mass is 16.6. The van der Waals surface area contributed by atoms with Gasteiger partial charge >= 0.3 is 6.09 Å². The normalized spacial score (nSPS) is 16.9. The van der Waals surface area contributed by atoms with E-state index in [1.165, 1.54) is 20.1 Å². The number of aliphatic hydroxyl groups is 1. The molecule has 44 heavy (non-hydrogen) atoms. The van der Waals surface area contributed by atoms with Crippen molar-refractivity contribution in [3.8, 4) is 23.0 Å². The van der Waals surface area contributed by atoms with Gasteiger partial charge in [-0.2, -0.15) is 0 Å². The fourth-order valence-electron chi connectivity index (χ4n) is 5.70. The highest BCUT2D eigenvalue weighted by Gasteiger charge is 2.55. The van der Waals surface area contributed by atoms with Gasteiger partial charge < -0.3 is 34.6 Å². The minimum absolute atomic E-state index is 0.0125. The lowest BCUT2D eigenvalue weighted by Gasteiger charge is -2.27. The number of nitrogens with zero attached hydrogens (tertiary/aromatic N) is 1. The van der Waals surface area contributed by atoms with Crippen LogP contribution in [0.4, 0.5) is 4.79 Å². The maximum atomic E-state index is 13.7. The number of amides is 2. The molecule has 1 heterocycles. The maximum absolute atomic E-state index is 13.7. The lowest BCUT2D eigenvalue weighted by atomic mass is 9.71. The van der Waals surface area contributed by atoms with Gasteiger partial charge in [0.25, 0.3) is 5.91 Å². The minimum Gasteiger partial charge on any atom is -0.507 e. The summed E-state index contributed by atoms with van der Waals surface area (Å²) in [6.07, 6.45) is 0.684. The van der Waals surface area contributed by atoms with Crippen LogP contribution >= 0.6 is 0 Å². The van der Waals surface area contributed by atoms with Crippen molar-refractivity contribution in [2.75, 3.05) is 20.2 Å². The van der Waals surface area contributed by atoms with E-state index in [2.05, 4.69) is 5.32 Å². The predicted octanol–water partition coefficient (Wildman–Crippen LogP) is 4.84. The van der Waals surface area contributed by atoms with Crippen LogP contribution < -0.4 is 19.5 Å². The summed E-state index contributed by atoms with van der Waals surface area (Å²) in [4.78, 5) is 53.6. The molecular formula is C33H32N2O9.